The van der Waals surface area contributed by atoms with Gasteiger partial charge in [-0.05, 0) is 44.6 Å². The van der Waals surface area contributed by atoms with Gasteiger partial charge in [-0.1, -0.05) is 13.8 Å². The molecule has 0 spiro atoms. The minimum atomic E-state index is -1.27. The van der Waals surface area contributed by atoms with Crippen molar-refractivity contribution in [2.75, 3.05) is 13.1 Å². The van der Waals surface area contributed by atoms with Crippen LogP contribution in [0.3, 0.4) is 0 Å². The normalized spacial score (nSPS) is 18.7. The molecular weight excluding hydrogens is 422 g/mol. The molecule has 12 heteroatoms. The van der Waals surface area contributed by atoms with Crippen molar-refractivity contribution in [3.8, 4) is 0 Å². The number of nitrogens with two attached hydrogens (primary N) is 2. The van der Waals surface area contributed by atoms with Crippen LogP contribution < -0.4 is 22.1 Å². The summed E-state index contributed by atoms with van der Waals surface area (Å²) >= 11 is 0. The van der Waals surface area contributed by atoms with Gasteiger partial charge in [0.2, 0.25) is 17.7 Å². The number of amides is 3. The lowest BCUT2D eigenvalue weighted by Gasteiger charge is -2.28. The molecular formula is C20H35N5O7. The summed E-state index contributed by atoms with van der Waals surface area (Å²) in [5.74, 6) is -4.60. The van der Waals surface area contributed by atoms with E-state index < -0.39 is 60.2 Å². The maximum atomic E-state index is 12.9. The number of rotatable bonds is 13. The molecule has 4 atom stereocenters. The van der Waals surface area contributed by atoms with E-state index in [1.54, 1.807) is 13.8 Å². The Kier molecular flexibility index (Phi) is 11.1. The molecule has 0 bridgehead atoms. The lowest BCUT2D eigenvalue weighted by molar-refractivity contribution is -0.144. The Labute approximate surface area is 187 Å². The second-order valence-electron chi connectivity index (χ2n) is 8.31. The number of carboxylic acids is 2. The van der Waals surface area contributed by atoms with Crippen LogP contribution in [0.25, 0.3) is 0 Å². The molecule has 1 fully saturated rings. The molecule has 0 saturated carbocycles. The van der Waals surface area contributed by atoms with E-state index >= 15 is 0 Å². The van der Waals surface area contributed by atoms with Crippen LogP contribution in [0.4, 0.5) is 0 Å². The Morgan fingerprint density at radius 2 is 1.75 bits per heavy atom. The molecule has 32 heavy (non-hydrogen) atoms. The van der Waals surface area contributed by atoms with Crippen molar-refractivity contribution >= 4 is 29.7 Å². The van der Waals surface area contributed by atoms with Gasteiger partial charge in [0.1, 0.15) is 18.1 Å². The number of likely N-dealkylation sites (tertiary alicyclic amines) is 1. The fraction of sp³-hybridized carbons (Fsp3) is 0.750. The van der Waals surface area contributed by atoms with Gasteiger partial charge >= 0.3 is 11.9 Å². The number of unbranched alkanes of at least 4 members (excludes halogenated alkanes) is 1. The second-order valence-corrected chi connectivity index (χ2v) is 8.31. The van der Waals surface area contributed by atoms with E-state index in [0.29, 0.717) is 32.2 Å². The van der Waals surface area contributed by atoms with Crippen LogP contribution in [0.1, 0.15) is 52.4 Å². The number of hydrogen-bond donors (Lipinski definition) is 6. The molecule has 12 nitrogen and oxygen atoms in total. The van der Waals surface area contributed by atoms with Gasteiger partial charge in [0.25, 0.3) is 0 Å². The number of hydrogen-bond acceptors (Lipinski definition) is 7. The van der Waals surface area contributed by atoms with Gasteiger partial charge in [-0.3, -0.25) is 19.2 Å². The van der Waals surface area contributed by atoms with E-state index in [2.05, 4.69) is 10.6 Å². The van der Waals surface area contributed by atoms with Crippen molar-refractivity contribution in [1.29, 1.82) is 0 Å². The molecule has 0 aromatic carbocycles. The predicted molar refractivity (Wildman–Crippen MR) is 114 cm³/mol. The number of carboxylic acid groups (broad SMARTS) is 2. The van der Waals surface area contributed by atoms with E-state index in [-0.39, 0.29) is 18.9 Å². The number of carbonyl (C=O) groups is 5. The zero-order valence-electron chi connectivity index (χ0n) is 18.6. The number of carbonyl (C=O) groups excluding carboxylic acids is 3. The second kappa shape index (κ2) is 13.0. The molecule has 1 heterocycles. The lowest BCUT2D eigenvalue weighted by Crippen LogP contribution is -2.57. The van der Waals surface area contributed by atoms with Crippen molar-refractivity contribution in [2.45, 2.75) is 76.5 Å². The summed E-state index contributed by atoms with van der Waals surface area (Å²) in [7, 11) is 0. The fourth-order valence-corrected chi connectivity index (χ4v) is 3.59. The smallest absolute Gasteiger partial charge is 0.326 e. The highest BCUT2D eigenvalue weighted by molar-refractivity contribution is 5.95. The van der Waals surface area contributed by atoms with Gasteiger partial charge in [-0.2, -0.15) is 0 Å². The molecule has 0 radical (unpaired) electrons. The van der Waals surface area contributed by atoms with Crippen molar-refractivity contribution in [3.63, 3.8) is 0 Å². The number of nitrogens with one attached hydrogen (secondary N) is 2. The summed E-state index contributed by atoms with van der Waals surface area (Å²) in [6.07, 6.45) is 1.72. The Bertz CT molecular complexity index is 700. The molecule has 1 saturated heterocycles. The zero-order chi connectivity index (χ0) is 24.4. The van der Waals surface area contributed by atoms with Gasteiger partial charge in [0, 0.05) is 6.54 Å². The fourth-order valence-electron chi connectivity index (χ4n) is 3.59. The maximum absolute atomic E-state index is 12.9. The van der Waals surface area contributed by atoms with E-state index in [0.717, 1.165) is 0 Å². The van der Waals surface area contributed by atoms with Crippen LogP contribution in [0.2, 0.25) is 0 Å². The zero-order valence-corrected chi connectivity index (χ0v) is 18.6. The monoisotopic (exact) mass is 457 g/mol. The Hall–Kier alpha value is -2.73. The van der Waals surface area contributed by atoms with Crippen LogP contribution >= 0.6 is 0 Å². The quantitative estimate of drug-likeness (QED) is 0.180. The van der Waals surface area contributed by atoms with Crippen LogP contribution in [0.5, 0.6) is 0 Å². The number of nitrogens with zero attached hydrogens (tertiary/aromatic N) is 1. The van der Waals surface area contributed by atoms with E-state index in [9.17, 15) is 29.1 Å². The van der Waals surface area contributed by atoms with Crippen molar-refractivity contribution in [1.82, 2.24) is 15.5 Å². The highest BCUT2D eigenvalue weighted by atomic mass is 16.4. The number of aliphatic carboxylic acids is 2. The molecule has 182 valence electrons. The average Bonchev–Trinajstić information content (AvgIpc) is 3.19. The molecule has 0 aromatic rings. The minimum Gasteiger partial charge on any atom is -0.481 e. The molecule has 1 aliphatic heterocycles. The van der Waals surface area contributed by atoms with Crippen LogP contribution in [-0.4, -0.2) is 82.0 Å². The molecule has 0 aliphatic carbocycles. The highest BCUT2D eigenvalue weighted by Gasteiger charge is 2.38. The van der Waals surface area contributed by atoms with E-state index in [1.807, 2.05) is 0 Å². The SMILES string of the molecule is CC(C)C(NC(=O)C(CCCCN)NC(=O)C1CCCN1C(=O)C(N)CC(=O)O)C(=O)O. The molecule has 1 aliphatic rings. The Morgan fingerprint density at radius 1 is 1.09 bits per heavy atom. The predicted octanol–water partition coefficient (Wildman–Crippen LogP) is -1.38. The standard InChI is InChI=1S/C20H35N5O7/c1-11(2)16(20(31)32)24-17(28)13(6-3-4-8-21)23-18(29)14-7-5-9-25(14)19(30)12(22)10-15(26)27/h11-14,16H,3-10,21-22H2,1-2H3,(H,23,29)(H,24,28)(H,26,27)(H,31,32). The molecule has 4 unspecified atom stereocenters. The third-order valence-electron chi connectivity index (χ3n) is 5.36. The van der Waals surface area contributed by atoms with Gasteiger partial charge in [0.15, 0.2) is 0 Å². The van der Waals surface area contributed by atoms with Crippen LogP contribution in [0.15, 0.2) is 0 Å². The first-order valence-corrected chi connectivity index (χ1v) is 10.8. The Morgan fingerprint density at radius 3 is 2.28 bits per heavy atom. The molecule has 3 amide bonds. The topological polar surface area (TPSA) is 205 Å². The first kappa shape index (κ1) is 27.3. The van der Waals surface area contributed by atoms with Gasteiger partial charge in [-0.25, -0.2) is 4.79 Å². The first-order valence-electron chi connectivity index (χ1n) is 10.8. The van der Waals surface area contributed by atoms with Crippen LogP contribution in [-0.2, 0) is 24.0 Å². The summed E-state index contributed by atoms with van der Waals surface area (Å²) in [5, 5.41) is 23.3. The largest absolute Gasteiger partial charge is 0.481 e. The van der Waals surface area contributed by atoms with Crippen LogP contribution in [0, 0.1) is 5.92 Å². The van der Waals surface area contributed by atoms with Gasteiger partial charge in [-0.15, -0.1) is 0 Å². The summed E-state index contributed by atoms with van der Waals surface area (Å²) in [5.41, 5.74) is 11.2. The molecule has 8 N–H and O–H groups in total. The first-order chi connectivity index (χ1) is 15.0. The molecule has 0 aromatic heterocycles. The third-order valence-corrected chi connectivity index (χ3v) is 5.36. The highest BCUT2D eigenvalue weighted by Crippen LogP contribution is 2.19. The maximum Gasteiger partial charge on any atom is 0.326 e. The van der Waals surface area contributed by atoms with Gasteiger partial charge in [0.05, 0.1) is 12.5 Å². The van der Waals surface area contributed by atoms with Crippen molar-refractivity contribution < 1.29 is 34.2 Å². The molecule has 1 rings (SSSR count). The third kappa shape index (κ3) is 8.08. The Balaban J connectivity index is 2.91. The summed E-state index contributed by atoms with van der Waals surface area (Å²) in [6.45, 7) is 3.97. The van der Waals surface area contributed by atoms with E-state index in [1.165, 1.54) is 4.90 Å². The van der Waals surface area contributed by atoms with Gasteiger partial charge < -0.3 is 37.2 Å². The summed E-state index contributed by atoms with van der Waals surface area (Å²) < 4.78 is 0. The van der Waals surface area contributed by atoms with Crippen molar-refractivity contribution in [2.24, 2.45) is 17.4 Å². The average molecular weight is 458 g/mol. The van der Waals surface area contributed by atoms with Crippen molar-refractivity contribution in [3.05, 3.63) is 0 Å². The minimum absolute atomic E-state index is 0.248. The summed E-state index contributed by atoms with van der Waals surface area (Å²) in [6, 6.07) is -4.27. The lowest BCUT2D eigenvalue weighted by atomic mass is 10.0. The van der Waals surface area contributed by atoms with E-state index in [4.69, 9.17) is 16.6 Å². The summed E-state index contributed by atoms with van der Waals surface area (Å²) in [4.78, 5) is 61.7.